The van der Waals surface area contributed by atoms with Crippen molar-refractivity contribution in [1.29, 1.82) is 0 Å². The molecule has 0 unspecified atom stereocenters. The molecule has 1 heterocycles. The average molecular weight is 555 g/mol. The zero-order valence-corrected chi connectivity index (χ0v) is 22.4. The quantitative estimate of drug-likeness (QED) is 0.178. The Morgan fingerprint density at radius 1 is 0.976 bits per heavy atom. The average Bonchev–Trinajstić information content (AvgIpc) is 3.26. The number of rotatable bonds is 9. The lowest BCUT2D eigenvalue weighted by atomic mass is 9.98. The molecule has 1 aromatic heterocycles. The van der Waals surface area contributed by atoms with Gasteiger partial charge in [-0.3, -0.25) is 4.79 Å². The Labute approximate surface area is 235 Å². The molecule has 0 saturated heterocycles. The Morgan fingerprint density at radius 2 is 1.66 bits per heavy atom. The van der Waals surface area contributed by atoms with Gasteiger partial charge in [0.2, 0.25) is 5.91 Å². The zero-order chi connectivity index (χ0) is 28.9. The summed E-state index contributed by atoms with van der Waals surface area (Å²) in [7, 11) is 0. The highest BCUT2D eigenvalue weighted by Gasteiger charge is 2.30. The van der Waals surface area contributed by atoms with Crippen molar-refractivity contribution in [2.45, 2.75) is 31.7 Å². The number of carbonyl (C=O) groups is 3. The zero-order valence-electron chi connectivity index (χ0n) is 22.4. The lowest BCUT2D eigenvalue weighted by Gasteiger charge is -2.20. The Kier molecular flexibility index (Phi) is 8.00. The van der Waals surface area contributed by atoms with Crippen LogP contribution in [-0.2, 0) is 9.53 Å². The van der Waals surface area contributed by atoms with Gasteiger partial charge in [0.1, 0.15) is 18.2 Å². The van der Waals surface area contributed by atoms with Crippen LogP contribution in [0.4, 0.5) is 15.3 Å². The molecule has 1 aliphatic carbocycles. The van der Waals surface area contributed by atoms with Crippen molar-refractivity contribution in [2.75, 3.05) is 18.5 Å². The van der Waals surface area contributed by atoms with E-state index < -0.39 is 29.7 Å². The van der Waals surface area contributed by atoms with E-state index in [2.05, 4.69) is 16.0 Å². The number of carbonyl (C=O) groups excluding carboxylic acids is 3. The molecule has 1 aliphatic rings. The first-order chi connectivity index (χ1) is 19.8. The minimum atomic E-state index is -0.972. The van der Waals surface area contributed by atoms with Gasteiger partial charge >= 0.3 is 17.7 Å². The van der Waals surface area contributed by atoms with Crippen molar-refractivity contribution in [2.24, 2.45) is 5.73 Å². The predicted octanol–water partition coefficient (Wildman–Crippen LogP) is 4.40. The maximum atomic E-state index is 13.2. The van der Waals surface area contributed by atoms with Gasteiger partial charge in [0, 0.05) is 35.7 Å². The van der Waals surface area contributed by atoms with Gasteiger partial charge in [-0.25, -0.2) is 14.4 Å². The highest BCUT2D eigenvalue weighted by Crippen LogP contribution is 2.44. The first-order valence-corrected chi connectivity index (χ1v) is 13.3. The van der Waals surface area contributed by atoms with Crippen molar-refractivity contribution in [3.8, 4) is 11.1 Å². The van der Waals surface area contributed by atoms with E-state index in [-0.39, 0.29) is 25.5 Å². The lowest BCUT2D eigenvalue weighted by Crippen LogP contribution is -2.44. The topological polar surface area (TPSA) is 153 Å². The third kappa shape index (κ3) is 6.22. The van der Waals surface area contributed by atoms with Crippen molar-refractivity contribution in [1.82, 2.24) is 10.6 Å². The third-order valence-electron chi connectivity index (χ3n) is 7.14. The third-order valence-corrected chi connectivity index (χ3v) is 7.14. The second kappa shape index (κ2) is 12.0. The maximum absolute atomic E-state index is 13.2. The van der Waals surface area contributed by atoms with Crippen LogP contribution in [0.1, 0.15) is 35.4 Å². The summed E-state index contributed by atoms with van der Waals surface area (Å²) in [5.74, 6) is -0.622. The fraction of sp³-hybridized carbons (Fsp3) is 0.226. The van der Waals surface area contributed by atoms with E-state index >= 15 is 0 Å². The number of nitrogens with two attached hydrogens (primary N) is 1. The highest BCUT2D eigenvalue weighted by atomic mass is 16.5. The molecule has 0 fully saturated rings. The van der Waals surface area contributed by atoms with Crippen molar-refractivity contribution in [3.63, 3.8) is 0 Å². The van der Waals surface area contributed by atoms with Crippen LogP contribution < -0.4 is 27.3 Å². The molecule has 1 atom stereocenters. The number of aryl methyl sites for hydroxylation is 1. The Morgan fingerprint density at radius 3 is 2.34 bits per heavy atom. The number of primary amides is 1. The summed E-state index contributed by atoms with van der Waals surface area (Å²) < 4.78 is 10.9. The first-order valence-electron chi connectivity index (χ1n) is 13.3. The number of fused-ring (bicyclic) bond motifs is 4. The molecule has 0 bridgehead atoms. The second-order valence-electron chi connectivity index (χ2n) is 9.90. The fourth-order valence-electron chi connectivity index (χ4n) is 5.20. The Hall–Kier alpha value is -5.12. The van der Waals surface area contributed by atoms with Gasteiger partial charge in [0.05, 0.1) is 0 Å². The van der Waals surface area contributed by atoms with E-state index in [0.29, 0.717) is 17.7 Å². The molecular formula is C31H30N4O6. The van der Waals surface area contributed by atoms with Gasteiger partial charge in [-0.15, -0.1) is 0 Å². The van der Waals surface area contributed by atoms with Crippen LogP contribution in [0.5, 0.6) is 0 Å². The summed E-state index contributed by atoms with van der Waals surface area (Å²) in [6.45, 7) is 2.12. The number of amides is 4. The minimum Gasteiger partial charge on any atom is -0.449 e. The Bertz CT molecular complexity index is 1640. The molecule has 4 aromatic rings. The summed E-state index contributed by atoms with van der Waals surface area (Å²) in [6.07, 6.45) is -0.163. The molecular weight excluding hydrogens is 524 g/mol. The maximum Gasteiger partial charge on any atom is 0.407 e. The van der Waals surface area contributed by atoms with Crippen LogP contribution in [-0.4, -0.2) is 37.2 Å². The number of nitrogens with one attached hydrogen (secondary N) is 3. The smallest absolute Gasteiger partial charge is 0.407 e. The van der Waals surface area contributed by atoms with Crippen molar-refractivity contribution in [3.05, 3.63) is 99.9 Å². The van der Waals surface area contributed by atoms with Gasteiger partial charge in [-0.2, -0.15) is 0 Å². The molecule has 0 spiro atoms. The van der Waals surface area contributed by atoms with Crippen LogP contribution >= 0.6 is 0 Å². The van der Waals surface area contributed by atoms with Crippen LogP contribution in [0.15, 0.2) is 82.0 Å². The second-order valence-corrected chi connectivity index (χ2v) is 9.90. The number of anilines is 1. The molecule has 0 aliphatic heterocycles. The standard InChI is InChI=1S/C31H30N4O6/c1-18-15-28(36)41-27-16-19(12-13-20(18)27)34-29(37)26(11-6-14-33-30(32)38)35-31(39)40-17-25-23-9-4-2-7-21(23)22-8-3-5-10-24(22)25/h2-5,7-10,12-13,15-16,25-26H,6,11,14,17H2,1H3,(H,34,37)(H,35,39)(H3,32,33,38)/t26-/m0/s1. The molecule has 41 heavy (non-hydrogen) atoms. The summed E-state index contributed by atoms with van der Waals surface area (Å²) in [4.78, 5) is 49.0. The van der Waals surface area contributed by atoms with Gasteiger partial charge in [0.25, 0.3) is 0 Å². The van der Waals surface area contributed by atoms with Crippen molar-refractivity contribution >= 4 is 34.7 Å². The minimum absolute atomic E-state index is 0.0977. The van der Waals surface area contributed by atoms with Crippen LogP contribution in [0.25, 0.3) is 22.1 Å². The molecule has 0 saturated carbocycles. The number of alkyl carbamates (subject to hydrolysis) is 1. The molecule has 10 heteroatoms. The van der Waals surface area contributed by atoms with E-state index in [1.807, 2.05) is 48.5 Å². The van der Waals surface area contributed by atoms with Crippen molar-refractivity contribution < 1.29 is 23.5 Å². The van der Waals surface area contributed by atoms with Crippen LogP contribution in [0.3, 0.4) is 0 Å². The largest absolute Gasteiger partial charge is 0.449 e. The van der Waals surface area contributed by atoms with Gasteiger partial charge < -0.3 is 30.8 Å². The summed E-state index contributed by atoms with van der Waals surface area (Å²) in [6, 6.07) is 20.8. The normalized spacial score (nSPS) is 12.7. The number of benzene rings is 3. The van der Waals surface area contributed by atoms with E-state index in [1.54, 1.807) is 25.1 Å². The van der Waals surface area contributed by atoms with E-state index in [4.69, 9.17) is 14.9 Å². The predicted molar refractivity (Wildman–Crippen MR) is 155 cm³/mol. The first kappa shape index (κ1) is 27.4. The monoisotopic (exact) mass is 554 g/mol. The van der Waals surface area contributed by atoms with E-state index in [9.17, 15) is 19.2 Å². The molecule has 0 radical (unpaired) electrons. The number of urea groups is 1. The molecule has 210 valence electrons. The van der Waals surface area contributed by atoms with E-state index in [1.165, 1.54) is 6.07 Å². The van der Waals surface area contributed by atoms with Gasteiger partial charge in [-0.05, 0) is 59.7 Å². The van der Waals surface area contributed by atoms with Gasteiger partial charge in [-0.1, -0.05) is 48.5 Å². The molecule has 5 N–H and O–H groups in total. The summed E-state index contributed by atoms with van der Waals surface area (Å²) in [5.41, 5.74) is 10.5. The molecule has 5 rings (SSSR count). The number of hydrogen-bond donors (Lipinski definition) is 4. The van der Waals surface area contributed by atoms with Crippen LogP contribution in [0, 0.1) is 6.92 Å². The van der Waals surface area contributed by atoms with Gasteiger partial charge in [0.15, 0.2) is 0 Å². The molecule has 4 amide bonds. The van der Waals surface area contributed by atoms with E-state index in [0.717, 1.165) is 33.2 Å². The number of ether oxygens (including phenoxy) is 1. The summed E-state index contributed by atoms with van der Waals surface area (Å²) in [5, 5.41) is 8.65. The van der Waals surface area contributed by atoms with Crippen LogP contribution in [0.2, 0.25) is 0 Å². The molecule has 3 aromatic carbocycles. The SMILES string of the molecule is Cc1cc(=O)oc2cc(NC(=O)[C@H](CCCNC(N)=O)NC(=O)OCC3c4ccccc4-c4ccccc43)ccc12. The summed E-state index contributed by atoms with van der Waals surface area (Å²) >= 11 is 0. The molecule has 10 nitrogen and oxygen atoms in total. The number of hydrogen-bond acceptors (Lipinski definition) is 6. The Balaban J connectivity index is 1.27. The highest BCUT2D eigenvalue weighted by molar-refractivity contribution is 5.98. The lowest BCUT2D eigenvalue weighted by molar-refractivity contribution is -0.118. The fourth-order valence-corrected chi connectivity index (χ4v) is 5.20.